The molecule has 4 rings (SSSR count). The van der Waals surface area contributed by atoms with Crippen LogP contribution in [0.5, 0.6) is 5.75 Å². The third-order valence-corrected chi connectivity index (χ3v) is 7.28. The number of hydrogen-bond acceptors (Lipinski definition) is 7. The highest BCUT2D eigenvalue weighted by atomic mass is 19.1. The van der Waals surface area contributed by atoms with Gasteiger partial charge in [0.05, 0.1) is 18.5 Å². The molecule has 10 heteroatoms. The number of likely N-dealkylation sites (tertiary alicyclic amines) is 1. The summed E-state index contributed by atoms with van der Waals surface area (Å²) in [6.45, 7) is 8.03. The number of carbonyl (C=O) groups is 1. The second-order valence-corrected chi connectivity index (χ2v) is 9.81. The molecule has 2 aliphatic rings. The maximum absolute atomic E-state index is 14.3. The molecule has 196 valence electrons. The predicted molar refractivity (Wildman–Crippen MR) is 132 cm³/mol. The normalized spacial score (nSPS) is 22.4. The van der Waals surface area contributed by atoms with Gasteiger partial charge < -0.3 is 25.0 Å². The number of amides is 1. The largest absolute Gasteiger partial charge is 0.487 e. The molecule has 8 nitrogen and oxygen atoms in total. The molecule has 3 heterocycles. The smallest absolute Gasteiger partial charge is 0.410 e. The van der Waals surface area contributed by atoms with Crippen LogP contribution in [0.2, 0.25) is 0 Å². The van der Waals surface area contributed by atoms with Gasteiger partial charge >= 0.3 is 6.09 Å². The van der Waals surface area contributed by atoms with Crippen LogP contribution < -0.4 is 15.4 Å². The van der Waals surface area contributed by atoms with E-state index in [1.807, 2.05) is 25.7 Å². The number of nitrogens with zero attached hydrogens (tertiary/aromatic N) is 4. The van der Waals surface area contributed by atoms with Crippen molar-refractivity contribution >= 4 is 12.0 Å². The van der Waals surface area contributed by atoms with Crippen LogP contribution in [0.25, 0.3) is 0 Å². The first-order chi connectivity index (χ1) is 17.2. The lowest BCUT2D eigenvalue weighted by molar-refractivity contribution is 0.0442. The first-order valence-corrected chi connectivity index (χ1v) is 12.6. The number of anilines is 1. The van der Waals surface area contributed by atoms with Crippen LogP contribution in [0.3, 0.4) is 0 Å². The van der Waals surface area contributed by atoms with Crippen LogP contribution in [0.1, 0.15) is 51.5 Å². The molecule has 1 aromatic heterocycles. The van der Waals surface area contributed by atoms with Crippen molar-refractivity contribution in [2.45, 2.75) is 64.2 Å². The Bertz CT molecular complexity index is 1030. The summed E-state index contributed by atoms with van der Waals surface area (Å²) in [6.07, 6.45) is 5.32. The number of benzene rings is 1. The number of halogens is 2. The van der Waals surface area contributed by atoms with E-state index in [-0.39, 0.29) is 35.8 Å². The fourth-order valence-corrected chi connectivity index (χ4v) is 4.85. The third-order valence-electron chi connectivity index (χ3n) is 7.28. The Hall–Kier alpha value is -3.01. The van der Waals surface area contributed by atoms with Crippen molar-refractivity contribution in [3.8, 4) is 5.75 Å². The summed E-state index contributed by atoms with van der Waals surface area (Å²) >= 11 is 0. The minimum atomic E-state index is -0.486. The summed E-state index contributed by atoms with van der Waals surface area (Å²) in [7, 11) is 0. The molecule has 2 aliphatic heterocycles. The van der Waals surface area contributed by atoms with Crippen molar-refractivity contribution in [2.24, 2.45) is 11.7 Å². The second-order valence-electron chi connectivity index (χ2n) is 9.81. The van der Waals surface area contributed by atoms with E-state index in [1.165, 1.54) is 6.07 Å². The zero-order valence-electron chi connectivity index (χ0n) is 21.1. The average molecular weight is 504 g/mol. The Morgan fingerprint density at radius 3 is 2.53 bits per heavy atom. The molecule has 2 fully saturated rings. The number of hydrogen-bond donors (Lipinski definition) is 1. The number of rotatable bonds is 7. The molecule has 0 unspecified atom stereocenters. The molecule has 0 bridgehead atoms. The van der Waals surface area contributed by atoms with Gasteiger partial charge in [0.15, 0.2) is 5.75 Å². The summed E-state index contributed by atoms with van der Waals surface area (Å²) < 4.78 is 39.4. The fraction of sp³-hybridized carbons (Fsp3) is 0.577. The van der Waals surface area contributed by atoms with Gasteiger partial charge in [-0.1, -0.05) is 6.92 Å². The minimum Gasteiger partial charge on any atom is -0.487 e. The fourth-order valence-electron chi connectivity index (χ4n) is 4.85. The van der Waals surface area contributed by atoms with Gasteiger partial charge in [0.1, 0.15) is 17.7 Å². The molecule has 36 heavy (non-hydrogen) atoms. The summed E-state index contributed by atoms with van der Waals surface area (Å²) in [6, 6.07) is 3.08. The molecule has 1 amide bonds. The summed E-state index contributed by atoms with van der Waals surface area (Å²) in [5, 5.41) is 0. The van der Waals surface area contributed by atoms with Crippen LogP contribution in [0, 0.1) is 17.6 Å². The summed E-state index contributed by atoms with van der Waals surface area (Å²) in [5.74, 6) is 0.0274. The van der Waals surface area contributed by atoms with E-state index in [2.05, 4.69) is 9.97 Å². The van der Waals surface area contributed by atoms with Crippen LogP contribution in [-0.4, -0.2) is 65.4 Å². The first-order valence-electron chi connectivity index (χ1n) is 12.6. The summed E-state index contributed by atoms with van der Waals surface area (Å²) in [5.41, 5.74) is 6.53. The minimum absolute atomic E-state index is 0.0623. The Balaban J connectivity index is 1.29. The van der Waals surface area contributed by atoms with Crippen molar-refractivity contribution in [3.05, 3.63) is 47.8 Å². The molecular formula is C26H35F2N5O3. The lowest BCUT2D eigenvalue weighted by atomic mass is 9.92. The Labute approximate surface area is 210 Å². The maximum Gasteiger partial charge on any atom is 0.410 e. The molecular weight excluding hydrogens is 468 g/mol. The molecule has 1 aromatic carbocycles. The standard InChI is InChI=1S/C26H35F2N5O3/c1-4-16(2)35-26(34)32-9-7-18(8-10-32)17(3)36-20-12-30-25(31-13-20)33-14-22(24(29)15-33)21-11-19(27)5-6-23(21)28/h5-6,11-13,16-18,22,24H,4,7-10,14-15,29H2,1-3H3/t16-,17+,22-,24+/m1/s1. The molecule has 0 radical (unpaired) electrons. The van der Waals surface area contributed by atoms with E-state index in [0.717, 1.165) is 31.4 Å². The lowest BCUT2D eigenvalue weighted by Crippen LogP contribution is -2.42. The molecule has 0 spiro atoms. The van der Waals surface area contributed by atoms with Crippen molar-refractivity contribution in [1.29, 1.82) is 0 Å². The zero-order valence-corrected chi connectivity index (χ0v) is 21.1. The number of nitrogens with two attached hydrogens (primary N) is 1. The summed E-state index contributed by atoms with van der Waals surface area (Å²) in [4.78, 5) is 24.7. The van der Waals surface area contributed by atoms with Gasteiger partial charge in [0.25, 0.3) is 0 Å². The number of aromatic nitrogens is 2. The molecule has 0 aliphatic carbocycles. The van der Waals surface area contributed by atoms with Crippen LogP contribution in [0.15, 0.2) is 30.6 Å². The highest BCUT2D eigenvalue weighted by molar-refractivity contribution is 5.67. The molecule has 2 N–H and O–H groups in total. The predicted octanol–water partition coefficient (Wildman–Crippen LogP) is 4.10. The van der Waals surface area contributed by atoms with Crippen molar-refractivity contribution in [1.82, 2.24) is 14.9 Å². The SMILES string of the molecule is CC[C@@H](C)OC(=O)N1CCC([C@H](C)Oc2cnc(N3C[C@H](c4cc(F)ccc4F)[C@@H](N)C3)nc2)CC1. The van der Waals surface area contributed by atoms with Crippen LogP contribution in [-0.2, 0) is 4.74 Å². The highest BCUT2D eigenvalue weighted by Gasteiger charge is 2.34. The molecule has 4 atom stereocenters. The van der Waals surface area contributed by atoms with E-state index in [0.29, 0.717) is 43.8 Å². The van der Waals surface area contributed by atoms with E-state index in [9.17, 15) is 13.6 Å². The topological polar surface area (TPSA) is 93.8 Å². The second kappa shape index (κ2) is 11.4. The zero-order chi connectivity index (χ0) is 25.8. The maximum atomic E-state index is 14.3. The number of carbonyl (C=O) groups excluding carboxylic acids is 1. The number of ether oxygens (including phenoxy) is 2. The highest BCUT2D eigenvalue weighted by Crippen LogP contribution is 2.31. The monoisotopic (exact) mass is 503 g/mol. The van der Waals surface area contributed by atoms with Gasteiger partial charge in [-0.3, -0.25) is 0 Å². The van der Waals surface area contributed by atoms with Crippen LogP contribution >= 0.6 is 0 Å². The molecule has 2 aromatic rings. The van der Waals surface area contributed by atoms with Crippen molar-refractivity contribution in [3.63, 3.8) is 0 Å². The lowest BCUT2D eigenvalue weighted by Gasteiger charge is -2.34. The van der Waals surface area contributed by atoms with Gasteiger partial charge in [-0.2, -0.15) is 0 Å². The Morgan fingerprint density at radius 1 is 1.17 bits per heavy atom. The Morgan fingerprint density at radius 2 is 1.86 bits per heavy atom. The van der Waals surface area contributed by atoms with Gasteiger partial charge in [0.2, 0.25) is 5.95 Å². The molecule has 0 saturated carbocycles. The van der Waals surface area contributed by atoms with E-state index in [1.54, 1.807) is 17.3 Å². The van der Waals surface area contributed by atoms with Gasteiger partial charge in [-0.05, 0) is 62.8 Å². The third kappa shape index (κ3) is 6.03. The van der Waals surface area contributed by atoms with E-state index in [4.69, 9.17) is 15.2 Å². The van der Waals surface area contributed by atoms with Gasteiger partial charge in [-0.15, -0.1) is 0 Å². The van der Waals surface area contributed by atoms with Crippen molar-refractivity contribution in [2.75, 3.05) is 31.1 Å². The average Bonchev–Trinajstić information content (AvgIpc) is 3.27. The molecule has 2 saturated heterocycles. The Kier molecular flexibility index (Phi) is 8.23. The van der Waals surface area contributed by atoms with Gasteiger partial charge in [0, 0.05) is 38.1 Å². The quantitative estimate of drug-likeness (QED) is 0.608. The van der Waals surface area contributed by atoms with E-state index >= 15 is 0 Å². The first kappa shape index (κ1) is 26.1. The van der Waals surface area contributed by atoms with Gasteiger partial charge in [-0.25, -0.2) is 23.5 Å². The van der Waals surface area contributed by atoms with Crippen LogP contribution in [0.4, 0.5) is 19.5 Å². The van der Waals surface area contributed by atoms with Crippen molar-refractivity contribution < 1.29 is 23.0 Å². The van der Waals surface area contributed by atoms with E-state index < -0.39 is 11.6 Å². The number of piperidine rings is 1.